The first kappa shape index (κ1) is 20.4. The zero-order valence-corrected chi connectivity index (χ0v) is 17.9. The van der Waals surface area contributed by atoms with Crippen molar-refractivity contribution in [2.75, 3.05) is 37.6 Å². The van der Waals surface area contributed by atoms with Gasteiger partial charge >= 0.3 is 0 Å². The number of fused-ring (bicyclic) bond motifs is 1. The first-order valence-electron chi connectivity index (χ1n) is 10.5. The Morgan fingerprint density at radius 1 is 0.933 bits per heavy atom. The van der Waals surface area contributed by atoms with Crippen molar-refractivity contribution >= 4 is 28.8 Å². The molecule has 3 heterocycles. The van der Waals surface area contributed by atoms with E-state index in [-0.39, 0.29) is 24.7 Å². The standard InChI is InChI=1S/C23H26N4O2S/c24-16-18-2-4-20(5-3-18)25-10-1-11-26(14-13-25)22(28)6-7-23(29)27-12-8-21-19(17-27)9-15-30-21/h2-5,9,15H,1,6-8,10-14,17H2. The molecular weight excluding hydrogens is 396 g/mol. The molecule has 0 radical (unpaired) electrons. The fourth-order valence-corrected chi connectivity index (χ4v) is 5.05. The molecule has 0 spiro atoms. The number of nitriles is 1. The van der Waals surface area contributed by atoms with Crippen LogP contribution in [0.5, 0.6) is 0 Å². The van der Waals surface area contributed by atoms with Gasteiger partial charge in [0.05, 0.1) is 11.6 Å². The summed E-state index contributed by atoms with van der Waals surface area (Å²) in [6.07, 6.45) is 2.38. The molecular formula is C23H26N4O2S. The molecule has 0 bridgehead atoms. The Morgan fingerprint density at radius 3 is 2.47 bits per heavy atom. The van der Waals surface area contributed by atoms with Gasteiger partial charge in [0.2, 0.25) is 11.8 Å². The quantitative estimate of drug-likeness (QED) is 0.760. The van der Waals surface area contributed by atoms with Crippen molar-refractivity contribution in [2.45, 2.75) is 32.2 Å². The van der Waals surface area contributed by atoms with Crippen molar-refractivity contribution in [1.29, 1.82) is 5.26 Å². The lowest BCUT2D eigenvalue weighted by atomic mass is 10.1. The summed E-state index contributed by atoms with van der Waals surface area (Å²) < 4.78 is 0. The van der Waals surface area contributed by atoms with Gasteiger partial charge in [-0.2, -0.15) is 5.26 Å². The van der Waals surface area contributed by atoms with Crippen LogP contribution in [0.15, 0.2) is 35.7 Å². The van der Waals surface area contributed by atoms with Crippen LogP contribution in [0, 0.1) is 11.3 Å². The molecule has 4 rings (SSSR count). The average molecular weight is 423 g/mol. The molecule has 1 fully saturated rings. The van der Waals surface area contributed by atoms with Gasteiger partial charge in [0.1, 0.15) is 0 Å². The zero-order valence-electron chi connectivity index (χ0n) is 17.0. The summed E-state index contributed by atoms with van der Waals surface area (Å²) in [4.78, 5) is 32.7. The molecule has 2 aliphatic heterocycles. The lowest BCUT2D eigenvalue weighted by Crippen LogP contribution is -2.38. The van der Waals surface area contributed by atoms with E-state index >= 15 is 0 Å². The number of thiophene rings is 1. The highest BCUT2D eigenvalue weighted by Crippen LogP contribution is 2.24. The molecule has 0 aliphatic carbocycles. The van der Waals surface area contributed by atoms with Crippen molar-refractivity contribution < 1.29 is 9.59 Å². The van der Waals surface area contributed by atoms with Crippen molar-refractivity contribution in [3.63, 3.8) is 0 Å². The van der Waals surface area contributed by atoms with Crippen LogP contribution in [0.25, 0.3) is 0 Å². The van der Waals surface area contributed by atoms with Crippen molar-refractivity contribution in [3.05, 3.63) is 51.7 Å². The summed E-state index contributed by atoms with van der Waals surface area (Å²) >= 11 is 1.76. The van der Waals surface area contributed by atoms with E-state index in [1.54, 1.807) is 11.3 Å². The zero-order chi connectivity index (χ0) is 20.9. The van der Waals surface area contributed by atoms with Crippen LogP contribution < -0.4 is 4.90 Å². The normalized spacial score (nSPS) is 16.6. The summed E-state index contributed by atoms with van der Waals surface area (Å²) in [7, 11) is 0. The van der Waals surface area contributed by atoms with Gasteiger partial charge in [0.15, 0.2) is 0 Å². The predicted molar refractivity (Wildman–Crippen MR) is 117 cm³/mol. The molecule has 30 heavy (non-hydrogen) atoms. The third kappa shape index (κ3) is 4.65. The van der Waals surface area contributed by atoms with E-state index in [1.807, 2.05) is 34.1 Å². The van der Waals surface area contributed by atoms with E-state index < -0.39 is 0 Å². The lowest BCUT2D eigenvalue weighted by molar-refractivity contribution is -0.137. The van der Waals surface area contributed by atoms with Gasteiger partial charge in [0, 0.05) is 62.7 Å². The van der Waals surface area contributed by atoms with Crippen molar-refractivity contribution in [3.8, 4) is 6.07 Å². The monoisotopic (exact) mass is 422 g/mol. The van der Waals surface area contributed by atoms with E-state index in [1.165, 1.54) is 10.4 Å². The molecule has 1 saturated heterocycles. The van der Waals surface area contributed by atoms with E-state index in [2.05, 4.69) is 22.4 Å². The fraction of sp³-hybridized carbons (Fsp3) is 0.435. The minimum absolute atomic E-state index is 0.0678. The van der Waals surface area contributed by atoms with E-state index in [0.717, 1.165) is 44.7 Å². The summed E-state index contributed by atoms with van der Waals surface area (Å²) in [5.41, 5.74) is 2.98. The number of anilines is 1. The summed E-state index contributed by atoms with van der Waals surface area (Å²) in [5, 5.41) is 11.0. The van der Waals surface area contributed by atoms with Gasteiger partial charge in [-0.15, -0.1) is 11.3 Å². The Bertz CT molecular complexity index is 947. The van der Waals surface area contributed by atoms with Crippen LogP contribution in [0.1, 0.15) is 35.3 Å². The maximum Gasteiger partial charge on any atom is 0.223 e. The SMILES string of the molecule is N#Cc1ccc(N2CCCN(C(=O)CCC(=O)N3CCc4sccc4C3)CC2)cc1. The van der Waals surface area contributed by atoms with Gasteiger partial charge in [-0.3, -0.25) is 9.59 Å². The van der Waals surface area contributed by atoms with Gasteiger partial charge in [-0.05, 0) is 54.1 Å². The number of hydrogen-bond acceptors (Lipinski definition) is 5. The highest BCUT2D eigenvalue weighted by molar-refractivity contribution is 7.10. The maximum absolute atomic E-state index is 12.7. The van der Waals surface area contributed by atoms with Gasteiger partial charge in [0.25, 0.3) is 0 Å². The molecule has 0 N–H and O–H groups in total. The van der Waals surface area contributed by atoms with Gasteiger partial charge in [-0.1, -0.05) is 0 Å². The smallest absolute Gasteiger partial charge is 0.223 e. The van der Waals surface area contributed by atoms with Crippen molar-refractivity contribution in [2.24, 2.45) is 0 Å². The number of carbonyl (C=O) groups excluding carboxylic acids is 2. The Kier molecular flexibility index (Phi) is 6.34. The fourth-order valence-electron chi connectivity index (χ4n) is 4.16. The molecule has 0 saturated carbocycles. The highest BCUT2D eigenvalue weighted by Gasteiger charge is 2.24. The molecule has 2 aromatic rings. The average Bonchev–Trinajstić information content (AvgIpc) is 3.12. The Morgan fingerprint density at radius 2 is 1.70 bits per heavy atom. The molecule has 7 heteroatoms. The van der Waals surface area contributed by atoms with Crippen molar-refractivity contribution in [1.82, 2.24) is 9.80 Å². The Hall–Kier alpha value is -2.85. The van der Waals surface area contributed by atoms with Crippen LogP contribution >= 0.6 is 11.3 Å². The summed E-state index contributed by atoms with van der Waals surface area (Å²) in [6, 6.07) is 11.8. The number of amides is 2. The van der Waals surface area contributed by atoms with E-state index in [9.17, 15) is 9.59 Å². The molecule has 1 aromatic carbocycles. The second-order valence-corrected chi connectivity index (χ2v) is 8.82. The second-order valence-electron chi connectivity index (χ2n) is 7.81. The topological polar surface area (TPSA) is 67.6 Å². The first-order valence-corrected chi connectivity index (χ1v) is 11.4. The van der Waals surface area contributed by atoms with Crippen LogP contribution in [-0.4, -0.2) is 54.3 Å². The highest BCUT2D eigenvalue weighted by atomic mass is 32.1. The molecule has 0 unspecified atom stereocenters. The molecule has 2 aliphatic rings. The molecule has 0 atom stereocenters. The number of benzene rings is 1. The largest absolute Gasteiger partial charge is 0.370 e. The first-order chi connectivity index (χ1) is 14.6. The minimum atomic E-state index is 0.0678. The number of nitrogens with zero attached hydrogens (tertiary/aromatic N) is 4. The Labute approximate surface area is 181 Å². The molecule has 156 valence electrons. The number of rotatable bonds is 4. The van der Waals surface area contributed by atoms with E-state index in [4.69, 9.17) is 5.26 Å². The second kappa shape index (κ2) is 9.31. The molecule has 2 amide bonds. The van der Waals surface area contributed by atoms with E-state index in [0.29, 0.717) is 18.7 Å². The third-order valence-corrected chi connectivity index (χ3v) is 6.95. The maximum atomic E-state index is 12.7. The lowest BCUT2D eigenvalue weighted by Gasteiger charge is -2.27. The summed E-state index contributed by atoms with van der Waals surface area (Å²) in [6.45, 7) is 4.46. The summed E-state index contributed by atoms with van der Waals surface area (Å²) in [5.74, 6) is 0.146. The minimum Gasteiger partial charge on any atom is -0.370 e. The van der Waals surface area contributed by atoms with Crippen LogP contribution in [0.4, 0.5) is 5.69 Å². The number of hydrogen-bond donors (Lipinski definition) is 0. The van der Waals surface area contributed by atoms with Gasteiger partial charge in [-0.25, -0.2) is 0 Å². The number of carbonyl (C=O) groups is 2. The predicted octanol–water partition coefficient (Wildman–Crippen LogP) is 3.02. The molecule has 1 aromatic heterocycles. The van der Waals surface area contributed by atoms with Gasteiger partial charge < -0.3 is 14.7 Å². The van der Waals surface area contributed by atoms with Crippen LogP contribution in [0.3, 0.4) is 0 Å². The Balaban J connectivity index is 1.26. The van der Waals surface area contributed by atoms with Crippen LogP contribution in [0.2, 0.25) is 0 Å². The third-order valence-electron chi connectivity index (χ3n) is 5.92. The molecule has 6 nitrogen and oxygen atoms in total. The van der Waals surface area contributed by atoms with Crippen LogP contribution in [-0.2, 0) is 22.6 Å².